The minimum Gasteiger partial charge on any atom is -0.313 e. The van der Waals surface area contributed by atoms with Crippen LogP contribution in [0.25, 0.3) is 0 Å². The molecule has 0 radical (unpaired) electrons. The first-order chi connectivity index (χ1) is 10.1. The summed E-state index contributed by atoms with van der Waals surface area (Å²) in [6.07, 6.45) is 7.57. The van der Waals surface area contributed by atoms with Gasteiger partial charge in [0.05, 0.1) is 10.0 Å². The summed E-state index contributed by atoms with van der Waals surface area (Å²) in [5.41, 5.74) is 1.18. The highest BCUT2D eigenvalue weighted by Crippen LogP contribution is 2.33. The van der Waals surface area contributed by atoms with Crippen molar-refractivity contribution in [1.29, 1.82) is 0 Å². The molecule has 21 heavy (non-hydrogen) atoms. The lowest BCUT2D eigenvalue weighted by molar-refractivity contribution is 0.221. The van der Waals surface area contributed by atoms with Crippen molar-refractivity contribution in [2.45, 2.75) is 58.4 Å². The maximum Gasteiger partial charge on any atom is 0.0624 e. The summed E-state index contributed by atoms with van der Waals surface area (Å²) in [4.78, 5) is 0. The monoisotopic (exact) mass is 327 g/mol. The number of nitrogens with one attached hydrogen (secondary N) is 1. The van der Waals surface area contributed by atoms with Crippen molar-refractivity contribution < 1.29 is 0 Å². The third-order valence-corrected chi connectivity index (χ3v) is 5.53. The fourth-order valence-corrected chi connectivity index (χ4v) is 3.92. The third-order valence-electron chi connectivity index (χ3n) is 4.67. The van der Waals surface area contributed by atoms with Gasteiger partial charge < -0.3 is 5.32 Å². The van der Waals surface area contributed by atoms with Crippen molar-refractivity contribution in [3.05, 3.63) is 33.8 Å². The number of hydrogen-bond acceptors (Lipinski definition) is 1. The van der Waals surface area contributed by atoms with E-state index in [2.05, 4.69) is 25.2 Å². The van der Waals surface area contributed by atoms with Gasteiger partial charge in [0.1, 0.15) is 0 Å². The van der Waals surface area contributed by atoms with Crippen LogP contribution in [0.1, 0.15) is 51.5 Å². The van der Waals surface area contributed by atoms with Gasteiger partial charge in [-0.15, -0.1) is 0 Å². The molecule has 1 N–H and O–H groups in total. The SMILES string of the molecule is CCCNC(Cc1cccc(Cl)c1Cl)C1CCCC(C)C1. The van der Waals surface area contributed by atoms with Gasteiger partial charge in [-0.3, -0.25) is 0 Å². The second kappa shape index (κ2) is 8.41. The van der Waals surface area contributed by atoms with E-state index in [-0.39, 0.29) is 0 Å². The normalized spacial score (nSPS) is 24.0. The van der Waals surface area contributed by atoms with E-state index in [1.807, 2.05) is 12.1 Å². The molecule has 1 aromatic rings. The van der Waals surface area contributed by atoms with Gasteiger partial charge in [-0.25, -0.2) is 0 Å². The average Bonchev–Trinajstić information content (AvgIpc) is 2.47. The van der Waals surface area contributed by atoms with Gasteiger partial charge in [0.15, 0.2) is 0 Å². The zero-order valence-electron chi connectivity index (χ0n) is 13.2. The Morgan fingerprint density at radius 1 is 1.29 bits per heavy atom. The largest absolute Gasteiger partial charge is 0.313 e. The van der Waals surface area contributed by atoms with E-state index in [1.54, 1.807) is 0 Å². The number of benzene rings is 1. The second-order valence-electron chi connectivity index (χ2n) is 6.51. The van der Waals surface area contributed by atoms with Crippen LogP contribution in [0.2, 0.25) is 10.0 Å². The standard InChI is InChI=1S/C18H27Cl2N/c1-3-10-21-17(14-7-4-6-13(2)11-14)12-15-8-5-9-16(19)18(15)20/h5,8-9,13-14,17,21H,3-4,6-7,10-12H2,1-2H3. The molecular weight excluding hydrogens is 301 g/mol. The number of halogens is 2. The summed E-state index contributed by atoms with van der Waals surface area (Å²) in [5, 5.41) is 5.15. The van der Waals surface area contributed by atoms with Crippen molar-refractivity contribution in [1.82, 2.24) is 5.32 Å². The Hall–Kier alpha value is -0.240. The molecule has 1 aromatic carbocycles. The van der Waals surface area contributed by atoms with Crippen molar-refractivity contribution in [3.63, 3.8) is 0 Å². The van der Waals surface area contributed by atoms with Gasteiger partial charge >= 0.3 is 0 Å². The predicted molar refractivity (Wildman–Crippen MR) is 93.4 cm³/mol. The molecule has 0 spiro atoms. The number of rotatable bonds is 6. The quantitative estimate of drug-likeness (QED) is 0.703. The van der Waals surface area contributed by atoms with Crippen LogP contribution >= 0.6 is 23.2 Å². The summed E-state index contributed by atoms with van der Waals surface area (Å²) < 4.78 is 0. The summed E-state index contributed by atoms with van der Waals surface area (Å²) in [6, 6.07) is 6.50. The molecule has 1 aliphatic carbocycles. The van der Waals surface area contributed by atoms with Crippen LogP contribution in [0.4, 0.5) is 0 Å². The van der Waals surface area contributed by atoms with E-state index in [4.69, 9.17) is 23.2 Å². The van der Waals surface area contributed by atoms with Gasteiger partial charge in [0.2, 0.25) is 0 Å². The highest BCUT2D eigenvalue weighted by Gasteiger charge is 2.27. The molecule has 3 heteroatoms. The summed E-state index contributed by atoms with van der Waals surface area (Å²) in [6.45, 7) is 5.68. The first-order valence-electron chi connectivity index (χ1n) is 8.28. The van der Waals surface area contributed by atoms with Crippen LogP contribution in [0.15, 0.2) is 18.2 Å². The molecule has 1 nitrogen and oxygen atoms in total. The van der Waals surface area contributed by atoms with Gasteiger partial charge in [-0.05, 0) is 55.7 Å². The van der Waals surface area contributed by atoms with Crippen LogP contribution in [0.3, 0.4) is 0 Å². The van der Waals surface area contributed by atoms with E-state index in [1.165, 1.54) is 37.7 Å². The lowest BCUT2D eigenvalue weighted by Gasteiger charge is -2.34. The molecule has 118 valence electrons. The van der Waals surface area contributed by atoms with E-state index < -0.39 is 0 Å². The zero-order valence-corrected chi connectivity index (χ0v) is 14.7. The Bertz CT molecular complexity index is 447. The first-order valence-corrected chi connectivity index (χ1v) is 9.03. The lowest BCUT2D eigenvalue weighted by atomic mass is 9.77. The summed E-state index contributed by atoms with van der Waals surface area (Å²) >= 11 is 12.5. The van der Waals surface area contributed by atoms with Crippen molar-refractivity contribution >= 4 is 23.2 Å². The Labute approximate surface area is 139 Å². The Kier molecular flexibility index (Phi) is 6.85. The smallest absolute Gasteiger partial charge is 0.0624 e. The molecule has 0 amide bonds. The summed E-state index contributed by atoms with van der Waals surface area (Å²) in [7, 11) is 0. The summed E-state index contributed by atoms with van der Waals surface area (Å²) in [5.74, 6) is 1.61. The molecule has 0 heterocycles. The molecule has 0 aromatic heterocycles. The van der Waals surface area contributed by atoms with Crippen LogP contribution in [0.5, 0.6) is 0 Å². The number of hydrogen-bond donors (Lipinski definition) is 1. The van der Waals surface area contributed by atoms with Crippen LogP contribution < -0.4 is 5.32 Å². The van der Waals surface area contributed by atoms with Crippen molar-refractivity contribution in [2.75, 3.05) is 6.54 Å². The van der Waals surface area contributed by atoms with Crippen LogP contribution in [-0.4, -0.2) is 12.6 Å². The Morgan fingerprint density at radius 2 is 2.10 bits per heavy atom. The molecule has 0 bridgehead atoms. The maximum atomic E-state index is 6.38. The molecule has 1 aliphatic rings. The fourth-order valence-electron chi connectivity index (χ4n) is 3.52. The van der Waals surface area contributed by atoms with E-state index >= 15 is 0 Å². The minimum atomic E-state index is 0.517. The fraction of sp³-hybridized carbons (Fsp3) is 0.667. The zero-order chi connectivity index (χ0) is 15.2. The van der Waals surface area contributed by atoms with Gasteiger partial charge in [-0.2, -0.15) is 0 Å². The molecule has 2 rings (SSSR count). The molecule has 3 unspecified atom stereocenters. The molecule has 0 aliphatic heterocycles. The van der Waals surface area contributed by atoms with E-state index in [9.17, 15) is 0 Å². The molecule has 0 saturated heterocycles. The highest BCUT2D eigenvalue weighted by atomic mass is 35.5. The maximum absolute atomic E-state index is 6.38. The lowest BCUT2D eigenvalue weighted by Crippen LogP contribution is -2.40. The second-order valence-corrected chi connectivity index (χ2v) is 7.29. The highest BCUT2D eigenvalue weighted by molar-refractivity contribution is 6.42. The average molecular weight is 328 g/mol. The van der Waals surface area contributed by atoms with Crippen molar-refractivity contribution in [2.24, 2.45) is 11.8 Å². The van der Waals surface area contributed by atoms with E-state index in [0.717, 1.165) is 29.8 Å². The first kappa shape index (κ1) is 17.1. The van der Waals surface area contributed by atoms with Crippen LogP contribution in [-0.2, 0) is 6.42 Å². The third kappa shape index (κ3) is 4.87. The Morgan fingerprint density at radius 3 is 2.81 bits per heavy atom. The topological polar surface area (TPSA) is 12.0 Å². The Balaban J connectivity index is 2.10. The predicted octanol–water partition coefficient (Wildman–Crippen LogP) is 5.73. The van der Waals surface area contributed by atoms with Crippen molar-refractivity contribution in [3.8, 4) is 0 Å². The molecule has 3 atom stereocenters. The minimum absolute atomic E-state index is 0.517. The van der Waals surface area contributed by atoms with Crippen LogP contribution in [0, 0.1) is 11.8 Å². The van der Waals surface area contributed by atoms with Gasteiger partial charge in [0, 0.05) is 6.04 Å². The molecule has 1 fully saturated rings. The molecular formula is C18H27Cl2N. The van der Waals surface area contributed by atoms with Gasteiger partial charge in [-0.1, -0.05) is 62.0 Å². The van der Waals surface area contributed by atoms with E-state index in [0.29, 0.717) is 11.1 Å². The molecule has 1 saturated carbocycles. The van der Waals surface area contributed by atoms with Gasteiger partial charge in [0.25, 0.3) is 0 Å².